The number of carboxylic acids is 1. The van der Waals surface area contributed by atoms with Crippen molar-refractivity contribution in [1.82, 2.24) is 15.2 Å². The maximum atomic E-state index is 12.0. The first-order valence-electron chi connectivity index (χ1n) is 6.23. The molecule has 2 heterocycles. The van der Waals surface area contributed by atoms with Gasteiger partial charge in [-0.25, -0.2) is 9.78 Å². The average Bonchev–Trinajstić information content (AvgIpc) is 2.82. The minimum atomic E-state index is -0.824. The topological polar surface area (TPSA) is 82.5 Å². The van der Waals surface area contributed by atoms with Gasteiger partial charge in [0.1, 0.15) is 0 Å². The Bertz CT molecular complexity index is 475. The Labute approximate surface area is 115 Å². The average molecular weight is 283 g/mol. The highest BCUT2D eigenvalue weighted by molar-refractivity contribution is 7.11. The van der Waals surface area contributed by atoms with Crippen LogP contribution in [0.1, 0.15) is 22.7 Å². The normalized spacial score (nSPS) is 19.2. The van der Waals surface area contributed by atoms with E-state index < -0.39 is 11.9 Å². The molecule has 6 nitrogen and oxygen atoms in total. The lowest BCUT2D eigenvalue weighted by Crippen LogP contribution is -2.46. The third kappa shape index (κ3) is 3.66. The number of aromatic nitrogens is 1. The summed E-state index contributed by atoms with van der Waals surface area (Å²) in [5.41, 5.74) is 0. The Morgan fingerprint density at radius 1 is 1.63 bits per heavy atom. The highest BCUT2D eigenvalue weighted by Crippen LogP contribution is 2.17. The van der Waals surface area contributed by atoms with Gasteiger partial charge in [-0.2, -0.15) is 0 Å². The number of amides is 2. The Morgan fingerprint density at radius 3 is 3.05 bits per heavy atom. The summed E-state index contributed by atoms with van der Waals surface area (Å²) < 4.78 is 0. The van der Waals surface area contributed by atoms with E-state index in [-0.39, 0.29) is 6.03 Å². The first kappa shape index (κ1) is 13.8. The third-order valence-corrected chi connectivity index (χ3v) is 4.05. The number of piperidine rings is 1. The van der Waals surface area contributed by atoms with Crippen LogP contribution in [-0.2, 0) is 11.3 Å². The number of likely N-dealkylation sites (tertiary alicyclic amines) is 1. The summed E-state index contributed by atoms with van der Waals surface area (Å²) in [4.78, 5) is 29.6. The number of hydrogen-bond donors (Lipinski definition) is 2. The van der Waals surface area contributed by atoms with Crippen molar-refractivity contribution in [2.45, 2.75) is 26.3 Å². The van der Waals surface area contributed by atoms with Gasteiger partial charge in [-0.3, -0.25) is 4.79 Å². The number of rotatable bonds is 3. The van der Waals surface area contributed by atoms with Crippen LogP contribution >= 0.6 is 11.3 Å². The van der Waals surface area contributed by atoms with Crippen molar-refractivity contribution in [3.05, 3.63) is 16.1 Å². The Hall–Kier alpha value is -1.63. The number of aliphatic carboxylic acids is 1. The Kier molecular flexibility index (Phi) is 4.36. The molecule has 1 unspecified atom stereocenters. The van der Waals surface area contributed by atoms with E-state index in [2.05, 4.69) is 10.3 Å². The fraction of sp³-hybridized carbons (Fsp3) is 0.583. The van der Waals surface area contributed by atoms with Gasteiger partial charge in [-0.05, 0) is 19.8 Å². The molecule has 1 atom stereocenters. The predicted octanol–water partition coefficient (Wildman–Crippen LogP) is 1.46. The van der Waals surface area contributed by atoms with Gasteiger partial charge >= 0.3 is 12.0 Å². The van der Waals surface area contributed by atoms with Crippen LogP contribution in [0.2, 0.25) is 0 Å². The van der Waals surface area contributed by atoms with Gasteiger partial charge in [-0.1, -0.05) is 0 Å². The van der Waals surface area contributed by atoms with Crippen molar-refractivity contribution in [2.75, 3.05) is 13.1 Å². The van der Waals surface area contributed by atoms with Crippen LogP contribution in [0.4, 0.5) is 4.79 Å². The van der Waals surface area contributed by atoms with Crippen molar-refractivity contribution >= 4 is 23.3 Å². The summed E-state index contributed by atoms with van der Waals surface area (Å²) in [6.45, 7) is 3.27. The summed E-state index contributed by atoms with van der Waals surface area (Å²) in [7, 11) is 0. The first-order chi connectivity index (χ1) is 9.06. The minimum Gasteiger partial charge on any atom is -0.481 e. The molecule has 0 radical (unpaired) electrons. The number of carbonyl (C=O) groups excluding carboxylic acids is 1. The highest BCUT2D eigenvalue weighted by Gasteiger charge is 2.27. The zero-order valence-corrected chi connectivity index (χ0v) is 11.6. The fourth-order valence-electron chi connectivity index (χ4n) is 2.12. The smallest absolute Gasteiger partial charge is 0.317 e. The number of aryl methyl sites for hydroxylation is 1. The molecule has 2 amide bonds. The number of urea groups is 1. The third-order valence-electron chi connectivity index (χ3n) is 3.14. The number of carbonyl (C=O) groups is 2. The van der Waals surface area contributed by atoms with Gasteiger partial charge in [0.2, 0.25) is 0 Å². The van der Waals surface area contributed by atoms with Crippen LogP contribution in [0.3, 0.4) is 0 Å². The second-order valence-electron chi connectivity index (χ2n) is 4.63. The predicted molar refractivity (Wildman–Crippen MR) is 71.0 cm³/mol. The number of nitrogens with zero attached hydrogens (tertiary/aromatic N) is 2. The van der Waals surface area contributed by atoms with E-state index in [0.29, 0.717) is 26.1 Å². The van der Waals surface area contributed by atoms with Crippen LogP contribution < -0.4 is 5.32 Å². The monoisotopic (exact) mass is 283 g/mol. The summed E-state index contributed by atoms with van der Waals surface area (Å²) >= 11 is 1.54. The lowest BCUT2D eigenvalue weighted by atomic mass is 9.99. The van der Waals surface area contributed by atoms with E-state index in [9.17, 15) is 9.59 Å². The van der Waals surface area contributed by atoms with Gasteiger partial charge in [0.25, 0.3) is 0 Å². The standard InChI is InChI=1S/C12H17N3O3S/c1-8-13-5-10(19-8)6-14-12(18)15-4-2-3-9(7-15)11(16)17/h5,9H,2-4,6-7H2,1H3,(H,14,18)(H,16,17). The van der Waals surface area contributed by atoms with Gasteiger partial charge < -0.3 is 15.3 Å². The van der Waals surface area contributed by atoms with Crippen LogP contribution in [0, 0.1) is 12.8 Å². The molecule has 0 bridgehead atoms. The first-order valence-corrected chi connectivity index (χ1v) is 7.05. The van der Waals surface area contributed by atoms with Crippen LogP contribution in [-0.4, -0.2) is 40.1 Å². The number of hydrogen-bond acceptors (Lipinski definition) is 4. The lowest BCUT2D eigenvalue weighted by Gasteiger charge is -2.30. The quantitative estimate of drug-likeness (QED) is 0.879. The zero-order chi connectivity index (χ0) is 13.8. The van der Waals surface area contributed by atoms with E-state index in [4.69, 9.17) is 5.11 Å². The molecule has 1 aromatic heterocycles. The van der Waals surface area contributed by atoms with Crippen molar-refractivity contribution in [3.63, 3.8) is 0 Å². The van der Waals surface area contributed by atoms with Crippen LogP contribution in [0.25, 0.3) is 0 Å². The maximum Gasteiger partial charge on any atom is 0.317 e. The van der Waals surface area contributed by atoms with Gasteiger partial charge in [0, 0.05) is 24.2 Å². The number of carboxylic acid groups (broad SMARTS) is 1. The summed E-state index contributed by atoms with van der Waals surface area (Å²) in [6, 6.07) is -0.197. The summed E-state index contributed by atoms with van der Waals surface area (Å²) in [6.07, 6.45) is 3.13. The molecular weight excluding hydrogens is 266 g/mol. The minimum absolute atomic E-state index is 0.197. The number of thiazole rings is 1. The molecule has 104 valence electrons. The maximum absolute atomic E-state index is 12.0. The SMILES string of the molecule is Cc1ncc(CNC(=O)N2CCCC(C(=O)O)C2)s1. The molecule has 0 aromatic carbocycles. The molecule has 19 heavy (non-hydrogen) atoms. The van der Waals surface area contributed by atoms with Crippen molar-refractivity contribution in [2.24, 2.45) is 5.92 Å². The molecule has 0 aliphatic carbocycles. The number of nitrogens with one attached hydrogen (secondary N) is 1. The van der Waals surface area contributed by atoms with Gasteiger partial charge in [0.15, 0.2) is 0 Å². The molecule has 0 saturated carbocycles. The molecule has 1 fully saturated rings. The molecule has 1 aromatic rings. The van der Waals surface area contributed by atoms with E-state index in [1.165, 1.54) is 0 Å². The molecule has 1 aliphatic heterocycles. The van der Waals surface area contributed by atoms with Gasteiger partial charge in [-0.15, -0.1) is 11.3 Å². The van der Waals surface area contributed by atoms with E-state index in [1.54, 1.807) is 22.4 Å². The van der Waals surface area contributed by atoms with Crippen molar-refractivity contribution < 1.29 is 14.7 Å². The lowest BCUT2D eigenvalue weighted by molar-refractivity contribution is -0.143. The fourth-order valence-corrected chi connectivity index (χ4v) is 2.86. The van der Waals surface area contributed by atoms with Crippen molar-refractivity contribution in [1.29, 1.82) is 0 Å². The molecule has 1 saturated heterocycles. The van der Waals surface area contributed by atoms with Crippen molar-refractivity contribution in [3.8, 4) is 0 Å². The largest absolute Gasteiger partial charge is 0.481 e. The molecule has 7 heteroatoms. The van der Waals surface area contributed by atoms with Crippen LogP contribution in [0.5, 0.6) is 0 Å². The molecular formula is C12H17N3O3S. The van der Waals surface area contributed by atoms with Crippen LogP contribution in [0.15, 0.2) is 6.20 Å². The second kappa shape index (κ2) is 6.01. The summed E-state index contributed by atoms with van der Waals surface area (Å²) in [5.74, 6) is -1.26. The summed E-state index contributed by atoms with van der Waals surface area (Å²) in [5, 5.41) is 12.8. The van der Waals surface area contributed by atoms with E-state index in [1.807, 2.05) is 6.92 Å². The van der Waals surface area contributed by atoms with E-state index in [0.717, 1.165) is 16.3 Å². The highest BCUT2D eigenvalue weighted by atomic mass is 32.1. The second-order valence-corrected chi connectivity index (χ2v) is 5.95. The molecule has 2 rings (SSSR count). The molecule has 0 spiro atoms. The Balaban J connectivity index is 1.84. The van der Waals surface area contributed by atoms with E-state index >= 15 is 0 Å². The Morgan fingerprint density at radius 2 is 2.42 bits per heavy atom. The van der Waals surface area contributed by atoms with Gasteiger partial charge in [0.05, 0.1) is 17.5 Å². The zero-order valence-electron chi connectivity index (χ0n) is 10.8. The molecule has 2 N–H and O–H groups in total. The molecule has 1 aliphatic rings.